The summed E-state index contributed by atoms with van der Waals surface area (Å²) in [6, 6.07) is 4.94. The maximum absolute atomic E-state index is 12.4. The van der Waals surface area contributed by atoms with Crippen LogP contribution in [0.2, 0.25) is 10.0 Å². The van der Waals surface area contributed by atoms with E-state index in [0.717, 1.165) is 0 Å². The fraction of sp³-hybridized carbons (Fsp3) is 0.333. The molecule has 1 atom stereocenters. The zero-order valence-electron chi connectivity index (χ0n) is 13.2. The Balaban J connectivity index is 1.66. The number of methoxy groups -OCH3 is 1. The van der Waals surface area contributed by atoms with Crippen molar-refractivity contribution in [3.63, 3.8) is 0 Å². The van der Waals surface area contributed by atoms with Gasteiger partial charge in [0.05, 0.1) is 16.0 Å². The molecular formula is C15H14Cl2N4O3S. The Bertz CT molecular complexity index is 814. The van der Waals surface area contributed by atoms with Crippen LogP contribution in [0, 0.1) is 5.92 Å². The normalized spacial score (nSPS) is 17.2. The Morgan fingerprint density at radius 3 is 2.92 bits per heavy atom. The summed E-state index contributed by atoms with van der Waals surface area (Å²) in [5.41, 5.74) is 0.619. The molecule has 1 aromatic heterocycles. The summed E-state index contributed by atoms with van der Waals surface area (Å²) in [6.45, 7) is 0.604. The van der Waals surface area contributed by atoms with Gasteiger partial charge >= 0.3 is 0 Å². The molecule has 2 heterocycles. The molecule has 1 aliphatic rings. The summed E-state index contributed by atoms with van der Waals surface area (Å²) >= 11 is 13.1. The van der Waals surface area contributed by atoms with E-state index in [4.69, 9.17) is 27.9 Å². The van der Waals surface area contributed by atoms with E-state index in [-0.39, 0.29) is 24.8 Å². The fourth-order valence-corrected chi connectivity index (χ4v) is 3.49. The van der Waals surface area contributed by atoms with Crippen molar-refractivity contribution in [2.75, 3.05) is 23.9 Å². The van der Waals surface area contributed by atoms with Gasteiger partial charge in [0.25, 0.3) is 0 Å². The number of amides is 2. The van der Waals surface area contributed by atoms with Crippen molar-refractivity contribution in [3.8, 4) is 0 Å². The molecule has 0 radical (unpaired) electrons. The maximum atomic E-state index is 12.4. The van der Waals surface area contributed by atoms with E-state index in [1.54, 1.807) is 25.3 Å². The Kier molecular flexibility index (Phi) is 5.53. The van der Waals surface area contributed by atoms with E-state index in [9.17, 15) is 9.59 Å². The number of ether oxygens (including phenoxy) is 1. The second-order valence-electron chi connectivity index (χ2n) is 5.43. The van der Waals surface area contributed by atoms with Crippen molar-refractivity contribution < 1.29 is 14.3 Å². The minimum absolute atomic E-state index is 0.121. The van der Waals surface area contributed by atoms with Crippen LogP contribution in [0.3, 0.4) is 0 Å². The van der Waals surface area contributed by atoms with Crippen LogP contribution in [0.1, 0.15) is 11.4 Å². The molecule has 1 aromatic carbocycles. The lowest BCUT2D eigenvalue weighted by Crippen LogP contribution is -2.28. The highest BCUT2D eigenvalue weighted by Crippen LogP contribution is 2.31. The molecule has 132 valence electrons. The highest BCUT2D eigenvalue weighted by molar-refractivity contribution is 7.15. The highest BCUT2D eigenvalue weighted by atomic mass is 35.5. The van der Waals surface area contributed by atoms with E-state index >= 15 is 0 Å². The van der Waals surface area contributed by atoms with Gasteiger partial charge in [-0.15, -0.1) is 10.2 Å². The smallest absolute Gasteiger partial charge is 0.231 e. The van der Waals surface area contributed by atoms with Crippen LogP contribution < -0.4 is 10.2 Å². The van der Waals surface area contributed by atoms with Gasteiger partial charge in [-0.1, -0.05) is 34.5 Å². The average molecular weight is 401 g/mol. The minimum atomic E-state index is -0.475. The molecule has 1 N–H and O–H groups in total. The monoisotopic (exact) mass is 400 g/mol. The van der Waals surface area contributed by atoms with Crippen LogP contribution in [0.25, 0.3) is 0 Å². The van der Waals surface area contributed by atoms with E-state index in [0.29, 0.717) is 32.5 Å². The quantitative estimate of drug-likeness (QED) is 0.833. The van der Waals surface area contributed by atoms with Gasteiger partial charge in [-0.2, -0.15) is 0 Å². The summed E-state index contributed by atoms with van der Waals surface area (Å²) in [5, 5.41) is 12.3. The number of nitrogens with one attached hydrogen (secondary N) is 1. The number of hydrogen-bond donors (Lipinski definition) is 1. The van der Waals surface area contributed by atoms with Crippen LogP contribution in [0.5, 0.6) is 0 Å². The van der Waals surface area contributed by atoms with Crippen LogP contribution in [-0.2, 0) is 20.9 Å². The Morgan fingerprint density at radius 2 is 2.20 bits per heavy atom. The van der Waals surface area contributed by atoms with Gasteiger partial charge < -0.3 is 15.0 Å². The van der Waals surface area contributed by atoms with Crippen LogP contribution >= 0.6 is 34.5 Å². The van der Waals surface area contributed by atoms with Crippen LogP contribution in [0.15, 0.2) is 18.2 Å². The molecule has 2 amide bonds. The lowest BCUT2D eigenvalue weighted by Gasteiger charge is -2.17. The second kappa shape index (κ2) is 7.65. The van der Waals surface area contributed by atoms with E-state index in [1.165, 1.54) is 16.2 Å². The van der Waals surface area contributed by atoms with Crippen LogP contribution in [0.4, 0.5) is 10.8 Å². The predicted molar refractivity (Wildman–Crippen MR) is 96.2 cm³/mol. The summed E-state index contributed by atoms with van der Waals surface area (Å²) in [4.78, 5) is 26.2. The molecule has 2 aromatic rings. The largest absolute Gasteiger partial charge is 0.377 e. The topological polar surface area (TPSA) is 84.4 Å². The number of halogens is 2. The first kappa shape index (κ1) is 18.1. The molecule has 7 nitrogen and oxygen atoms in total. The van der Waals surface area contributed by atoms with E-state index in [2.05, 4.69) is 15.5 Å². The number of carbonyl (C=O) groups excluding carboxylic acids is 2. The molecule has 1 saturated heterocycles. The Hall–Kier alpha value is -1.74. The van der Waals surface area contributed by atoms with Gasteiger partial charge in [-0.05, 0) is 18.2 Å². The average Bonchev–Trinajstić information content (AvgIpc) is 3.17. The van der Waals surface area contributed by atoms with Gasteiger partial charge in [0.1, 0.15) is 11.6 Å². The molecular weight excluding hydrogens is 387 g/mol. The Morgan fingerprint density at radius 1 is 1.40 bits per heavy atom. The summed E-state index contributed by atoms with van der Waals surface area (Å²) in [7, 11) is 1.56. The second-order valence-corrected chi connectivity index (χ2v) is 7.30. The maximum Gasteiger partial charge on any atom is 0.231 e. The van der Waals surface area contributed by atoms with Gasteiger partial charge in [0.2, 0.25) is 16.9 Å². The zero-order chi connectivity index (χ0) is 18.0. The first-order valence-electron chi connectivity index (χ1n) is 7.35. The zero-order valence-corrected chi connectivity index (χ0v) is 15.5. The fourth-order valence-electron chi connectivity index (χ4n) is 2.48. The molecule has 10 heteroatoms. The number of carbonyl (C=O) groups is 2. The molecule has 3 rings (SSSR count). The number of hydrogen-bond acceptors (Lipinski definition) is 6. The summed E-state index contributed by atoms with van der Waals surface area (Å²) in [6.07, 6.45) is 0.121. The first-order chi connectivity index (χ1) is 12.0. The van der Waals surface area contributed by atoms with Gasteiger partial charge in [0, 0.05) is 25.8 Å². The number of nitrogens with zero attached hydrogens (tertiary/aromatic N) is 3. The molecule has 25 heavy (non-hydrogen) atoms. The van der Waals surface area contributed by atoms with Gasteiger partial charge in [-0.3, -0.25) is 9.59 Å². The molecule has 0 unspecified atom stereocenters. The lowest BCUT2D eigenvalue weighted by atomic mass is 10.1. The number of rotatable bonds is 5. The number of anilines is 2. The predicted octanol–water partition coefficient (Wildman–Crippen LogP) is 2.98. The molecule has 1 aliphatic heterocycles. The third kappa shape index (κ3) is 4.09. The molecule has 0 saturated carbocycles. The number of benzene rings is 1. The van der Waals surface area contributed by atoms with Crippen molar-refractivity contribution in [1.29, 1.82) is 0 Å². The van der Waals surface area contributed by atoms with E-state index in [1.807, 2.05) is 0 Å². The Labute approximate surface area is 157 Å². The number of aromatic nitrogens is 2. The summed E-state index contributed by atoms with van der Waals surface area (Å²) in [5.74, 6) is -0.886. The molecule has 0 bridgehead atoms. The van der Waals surface area contributed by atoms with Crippen molar-refractivity contribution >= 4 is 57.2 Å². The van der Waals surface area contributed by atoms with Gasteiger partial charge in [0.15, 0.2) is 0 Å². The van der Waals surface area contributed by atoms with Gasteiger partial charge in [-0.25, -0.2) is 0 Å². The van der Waals surface area contributed by atoms with E-state index < -0.39 is 5.92 Å². The van der Waals surface area contributed by atoms with Crippen LogP contribution in [-0.4, -0.2) is 35.7 Å². The highest BCUT2D eigenvalue weighted by Gasteiger charge is 2.35. The van der Waals surface area contributed by atoms with Crippen molar-refractivity contribution in [3.05, 3.63) is 33.3 Å². The third-order valence-corrected chi connectivity index (χ3v) is 5.23. The molecule has 1 fully saturated rings. The summed E-state index contributed by atoms with van der Waals surface area (Å²) < 4.78 is 4.96. The molecule has 0 spiro atoms. The SMILES string of the molecule is COCc1nnc(NC(=O)[C@@H]2CC(=O)N(c3ccc(Cl)c(Cl)c3)C2)s1. The molecule has 0 aliphatic carbocycles. The van der Waals surface area contributed by atoms with Crippen molar-refractivity contribution in [1.82, 2.24) is 10.2 Å². The van der Waals surface area contributed by atoms with Crippen molar-refractivity contribution in [2.24, 2.45) is 5.92 Å². The lowest BCUT2D eigenvalue weighted by molar-refractivity contribution is -0.122. The minimum Gasteiger partial charge on any atom is -0.377 e. The first-order valence-corrected chi connectivity index (χ1v) is 8.92. The van der Waals surface area contributed by atoms with Crippen molar-refractivity contribution in [2.45, 2.75) is 13.0 Å². The third-order valence-electron chi connectivity index (χ3n) is 3.68. The standard InChI is InChI=1S/C15H14Cl2N4O3S/c1-24-7-12-19-20-15(25-12)18-14(23)8-4-13(22)21(6-8)9-2-3-10(16)11(17)5-9/h2-3,5,8H,4,6-7H2,1H3,(H,18,20,23)/t8-/m1/s1.